The number of nitrogens with one attached hydrogen (secondary N) is 1. The summed E-state index contributed by atoms with van der Waals surface area (Å²) in [5, 5.41) is 3.07. The van der Waals surface area contributed by atoms with Crippen LogP contribution < -0.4 is 5.32 Å². The topological polar surface area (TPSA) is 49.4 Å². The molecule has 1 N–H and O–H groups in total. The van der Waals surface area contributed by atoms with Crippen molar-refractivity contribution in [1.82, 2.24) is 10.2 Å². The zero-order chi connectivity index (χ0) is 24.2. The van der Waals surface area contributed by atoms with Gasteiger partial charge < -0.3 is 10.2 Å². The molecule has 4 nitrogen and oxygen atoms in total. The highest BCUT2D eigenvalue weighted by Crippen LogP contribution is 2.17. The maximum atomic E-state index is 13.6. The van der Waals surface area contributed by atoms with Gasteiger partial charge in [0, 0.05) is 25.9 Å². The fraction of sp³-hybridized carbons (Fsp3) is 0.333. The third kappa shape index (κ3) is 7.87. The Balaban J connectivity index is 1.85. The smallest absolute Gasteiger partial charge is 0.243 e. The Bertz CT molecular complexity index is 1020. The van der Waals surface area contributed by atoms with Crippen LogP contribution in [0.15, 0.2) is 84.9 Å². The van der Waals surface area contributed by atoms with Crippen LogP contribution in [-0.4, -0.2) is 29.3 Å². The number of nitrogens with zero attached hydrogens (tertiary/aromatic N) is 1. The highest BCUT2D eigenvalue weighted by Gasteiger charge is 2.30. The molecule has 0 heterocycles. The lowest BCUT2D eigenvalue weighted by Gasteiger charge is -2.31. The average molecular weight is 457 g/mol. The first-order valence-electron chi connectivity index (χ1n) is 12.3. The molecular weight excluding hydrogens is 420 g/mol. The van der Waals surface area contributed by atoms with E-state index >= 15 is 0 Å². The van der Waals surface area contributed by atoms with Crippen molar-refractivity contribution in [2.24, 2.45) is 0 Å². The third-order valence-corrected chi connectivity index (χ3v) is 6.04. The van der Waals surface area contributed by atoms with Crippen molar-refractivity contribution in [3.05, 3.63) is 107 Å². The van der Waals surface area contributed by atoms with Gasteiger partial charge in [0.2, 0.25) is 11.8 Å². The number of unbranched alkanes of at least 4 members (excludes halogenated alkanes) is 1. The van der Waals surface area contributed by atoms with Crippen LogP contribution in [0.5, 0.6) is 0 Å². The van der Waals surface area contributed by atoms with Crippen LogP contribution in [0, 0.1) is 6.92 Å². The molecule has 34 heavy (non-hydrogen) atoms. The van der Waals surface area contributed by atoms with Crippen molar-refractivity contribution in [2.75, 3.05) is 6.54 Å². The molecule has 0 aliphatic heterocycles. The Labute approximate surface area is 204 Å². The van der Waals surface area contributed by atoms with Gasteiger partial charge in [0.1, 0.15) is 6.04 Å². The van der Waals surface area contributed by atoms with Crippen molar-refractivity contribution in [2.45, 2.75) is 58.5 Å². The lowest BCUT2D eigenvalue weighted by Crippen LogP contribution is -2.50. The van der Waals surface area contributed by atoms with Gasteiger partial charge in [-0.2, -0.15) is 0 Å². The maximum absolute atomic E-state index is 13.6. The molecule has 178 valence electrons. The molecule has 4 heteroatoms. The van der Waals surface area contributed by atoms with E-state index in [1.807, 2.05) is 60.7 Å². The van der Waals surface area contributed by atoms with Gasteiger partial charge in [-0.15, -0.1) is 0 Å². The Morgan fingerprint density at radius 2 is 1.44 bits per heavy atom. The van der Waals surface area contributed by atoms with Gasteiger partial charge in [0.05, 0.1) is 0 Å². The molecule has 2 amide bonds. The summed E-state index contributed by atoms with van der Waals surface area (Å²) in [6.07, 6.45) is 3.43. The van der Waals surface area contributed by atoms with E-state index in [4.69, 9.17) is 0 Å². The molecule has 0 spiro atoms. The van der Waals surface area contributed by atoms with Crippen LogP contribution in [-0.2, 0) is 29.0 Å². The average Bonchev–Trinajstić information content (AvgIpc) is 2.87. The van der Waals surface area contributed by atoms with E-state index in [2.05, 4.69) is 43.4 Å². The van der Waals surface area contributed by atoms with Gasteiger partial charge in [-0.25, -0.2) is 0 Å². The molecule has 0 saturated carbocycles. The Morgan fingerprint density at radius 3 is 2.06 bits per heavy atom. The van der Waals surface area contributed by atoms with Crippen molar-refractivity contribution >= 4 is 11.8 Å². The zero-order valence-corrected chi connectivity index (χ0v) is 20.4. The largest absolute Gasteiger partial charge is 0.354 e. The lowest BCUT2D eigenvalue weighted by molar-refractivity contribution is -0.141. The number of rotatable bonds is 12. The third-order valence-electron chi connectivity index (χ3n) is 6.04. The van der Waals surface area contributed by atoms with E-state index in [-0.39, 0.29) is 11.8 Å². The van der Waals surface area contributed by atoms with Crippen molar-refractivity contribution < 1.29 is 9.59 Å². The van der Waals surface area contributed by atoms with Gasteiger partial charge in [-0.1, -0.05) is 104 Å². The molecule has 0 fully saturated rings. The van der Waals surface area contributed by atoms with Crippen molar-refractivity contribution in [3.8, 4) is 0 Å². The van der Waals surface area contributed by atoms with Crippen molar-refractivity contribution in [1.29, 1.82) is 0 Å². The summed E-state index contributed by atoms with van der Waals surface area (Å²) in [6, 6.07) is 27.6. The maximum Gasteiger partial charge on any atom is 0.243 e. The fourth-order valence-corrected chi connectivity index (χ4v) is 3.99. The lowest BCUT2D eigenvalue weighted by atomic mass is 10.0. The monoisotopic (exact) mass is 456 g/mol. The Hall–Kier alpha value is -3.40. The predicted octanol–water partition coefficient (Wildman–Crippen LogP) is 5.48. The van der Waals surface area contributed by atoms with Crippen LogP contribution in [0.2, 0.25) is 0 Å². The number of benzene rings is 3. The molecule has 0 aliphatic carbocycles. The molecule has 0 bridgehead atoms. The molecule has 0 aliphatic rings. The first-order valence-corrected chi connectivity index (χ1v) is 12.3. The molecular formula is C30H36N2O2. The van der Waals surface area contributed by atoms with Crippen LogP contribution in [0.4, 0.5) is 0 Å². The number of carbonyl (C=O) groups excluding carboxylic acids is 2. The normalized spacial score (nSPS) is 11.6. The SMILES string of the molecule is CCCCNC(=O)[C@@H](Cc1ccccc1)N(Cc1ccccc1)C(=O)CCc1ccc(C)cc1. The summed E-state index contributed by atoms with van der Waals surface area (Å²) < 4.78 is 0. The summed E-state index contributed by atoms with van der Waals surface area (Å²) in [5.41, 5.74) is 4.39. The van der Waals surface area contributed by atoms with E-state index < -0.39 is 6.04 Å². The standard InChI is InChI=1S/C30H36N2O2/c1-3-4-21-31-30(34)28(22-26-11-7-5-8-12-26)32(23-27-13-9-6-10-14-27)29(33)20-19-25-17-15-24(2)16-18-25/h5-18,28H,3-4,19-23H2,1-2H3,(H,31,34)/t28-/m1/s1. The predicted molar refractivity (Wildman–Crippen MR) is 138 cm³/mol. The van der Waals surface area contributed by atoms with Crippen LogP contribution in [0.3, 0.4) is 0 Å². The van der Waals surface area contributed by atoms with Gasteiger partial charge in [0.25, 0.3) is 0 Å². The van der Waals surface area contributed by atoms with Gasteiger partial charge in [-0.05, 0) is 36.5 Å². The molecule has 3 rings (SSSR count). The first kappa shape index (κ1) is 25.2. The first-order chi connectivity index (χ1) is 16.6. The number of hydrogen-bond acceptors (Lipinski definition) is 2. The number of carbonyl (C=O) groups is 2. The van der Waals surface area contributed by atoms with E-state index in [0.717, 1.165) is 29.5 Å². The second kappa shape index (κ2) is 13.3. The van der Waals surface area contributed by atoms with E-state index in [1.165, 1.54) is 5.56 Å². The second-order valence-corrected chi connectivity index (χ2v) is 8.84. The number of aryl methyl sites for hydroxylation is 2. The van der Waals surface area contributed by atoms with E-state index in [9.17, 15) is 9.59 Å². The quantitative estimate of drug-likeness (QED) is 0.367. The second-order valence-electron chi connectivity index (χ2n) is 8.84. The molecule has 0 radical (unpaired) electrons. The molecule has 0 aromatic heterocycles. The summed E-state index contributed by atoms with van der Waals surface area (Å²) >= 11 is 0. The minimum atomic E-state index is -0.565. The Kier molecular flexibility index (Phi) is 9.90. The summed E-state index contributed by atoms with van der Waals surface area (Å²) in [7, 11) is 0. The minimum absolute atomic E-state index is 0.00370. The van der Waals surface area contributed by atoms with E-state index in [1.54, 1.807) is 4.90 Å². The summed E-state index contributed by atoms with van der Waals surface area (Å²) in [4.78, 5) is 28.7. The zero-order valence-electron chi connectivity index (χ0n) is 20.4. The molecule has 3 aromatic rings. The minimum Gasteiger partial charge on any atom is -0.354 e. The highest BCUT2D eigenvalue weighted by molar-refractivity contribution is 5.88. The molecule has 1 atom stereocenters. The number of amides is 2. The highest BCUT2D eigenvalue weighted by atomic mass is 16.2. The van der Waals surface area contributed by atoms with Crippen molar-refractivity contribution in [3.63, 3.8) is 0 Å². The van der Waals surface area contributed by atoms with Gasteiger partial charge >= 0.3 is 0 Å². The van der Waals surface area contributed by atoms with Crippen LogP contribution in [0.25, 0.3) is 0 Å². The molecule has 3 aromatic carbocycles. The van der Waals surface area contributed by atoms with Gasteiger partial charge in [0.15, 0.2) is 0 Å². The Morgan fingerprint density at radius 1 is 0.824 bits per heavy atom. The van der Waals surface area contributed by atoms with E-state index in [0.29, 0.717) is 32.4 Å². The van der Waals surface area contributed by atoms with Crippen LogP contribution >= 0.6 is 0 Å². The summed E-state index contributed by atoms with van der Waals surface area (Å²) in [6.45, 7) is 5.19. The number of hydrogen-bond donors (Lipinski definition) is 1. The molecule has 0 saturated heterocycles. The van der Waals surface area contributed by atoms with Crippen LogP contribution in [0.1, 0.15) is 48.4 Å². The fourth-order valence-electron chi connectivity index (χ4n) is 3.99. The molecule has 0 unspecified atom stereocenters. The summed E-state index contributed by atoms with van der Waals surface area (Å²) in [5.74, 6) is -0.0899. The van der Waals surface area contributed by atoms with Gasteiger partial charge in [-0.3, -0.25) is 9.59 Å².